The van der Waals surface area contributed by atoms with E-state index in [1.807, 2.05) is 10.6 Å². The van der Waals surface area contributed by atoms with Crippen LogP contribution in [0.25, 0.3) is 5.65 Å². The minimum Gasteiger partial charge on any atom is -0.348 e. The highest BCUT2D eigenvalue weighted by molar-refractivity contribution is 5.90. The molecule has 2 aromatic rings. The lowest BCUT2D eigenvalue weighted by Crippen LogP contribution is -2.21. The van der Waals surface area contributed by atoms with Crippen molar-refractivity contribution in [1.29, 1.82) is 5.41 Å². The first kappa shape index (κ1) is 8.34. The number of hydrogen-bond donors (Lipinski definition) is 1. The Morgan fingerprint density at radius 3 is 3.13 bits per heavy atom. The molecule has 0 atom stereocenters. The zero-order chi connectivity index (χ0) is 10.3. The maximum absolute atomic E-state index is 7.59. The van der Waals surface area contributed by atoms with Crippen LogP contribution in [0.3, 0.4) is 0 Å². The van der Waals surface area contributed by atoms with Crippen molar-refractivity contribution >= 4 is 17.2 Å². The summed E-state index contributed by atoms with van der Waals surface area (Å²) in [5, 5.41) is 15.5. The molecule has 2 aromatic heterocycles. The predicted molar refractivity (Wildman–Crippen MR) is 55.3 cm³/mol. The van der Waals surface area contributed by atoms with Crippen molar-refractivity contribution in [2.45, 2.75) is 6.42 Å². The standard InChI is InChI=1S/C9H10N6/c10-7-1-3-14(5-7)8-9-13-12-6-15(9)4-2-11-8/h2,4,6,10H,1,3,5H2. The topological polar surface area (TPSA) is 70.2 Å². The first-order valence-electron chi connectivity index (χ1n) is 4.80. The first-order valence-corrected chi connectivity index (χ1v) is 4.80. The molecule has 6 nitrogen and oxygen atoms in total. The number of rotatable bonds is 1. The van der Waals surface area contributed by atoms with E-state index < -0.39 is 0 Å². The molecule has 1 fully saturated rings. The van der Waals surface area contributed by atoms with Gasteiger partial charge in [0.15, 0.2) is 5.82 Å². The second kappa shape index (κ2) is 3.01. The van der Waals surface area contributed by atoms with Gasteiger partial charge in [0.05, 0.1) is 6.54 Å². The fourth-order valence-corrected chi connectivity index (χ4v) is 1.81. The highest BCUT2D eigenvalue weighted by Gasteiger charge is 2.20. The summed E-state index contributed by atoms with van der Waals surface area (Å²) in [6.45, 7) is 1.50. The predicted octanol–water partition coefficient (Wildman–Crippen LogP) is 0.354. The van der Waals surface area contributed by atoms with Crippen molar-refractivity contribution in [3.05, 3.63) is 18.7 Å². The fourth-order valence-electron chi connectivity index (χ4n) is 1.81. The lowest BCUT2D eigenvalue weighted by Gasteiger charge is -2.15. The lowest BCUT2D eigenvalue weighted by atomic mass is 10.3. The molecule has 0 spiro atoms. The van der Waals surface area contributed by atoms with E-state index in [9.17, 15) is 0 Å². The third-order valence-electron chi connectivity index (χ3n) is 2.56. The Morgan fingerprint density at radius 2 is 2.33 bits per heavy atom. The van der Waals surface area contributed by atoms with Crippen molar-refractivity contribution in [2.24, 2.45) is 0 Å². The fraction of sp³-hybridized carbons (Fsp3) is 0.333. The Morgan fingerprint density at radius 1 is 1.40 bits per heavy atom. The van der Waals surface area contributed by atoms with E-state index in [1.54, 1.807) is 12.5 Å². The van der Waals surface area contributed by atoms with Crippen LogP contribution in [-0.4, -0.2) is 38.4 Å². The van der Waals surface area contributed by atoms with Crippen molar-refractivity contribution in [2.75, 3.05) is 18.0 Å². The van der Waals surface area contributed by atoms with E-state index in [4.69, 9.17) is 5.41 Å². The normalized spacial score (nSPS) is 16.5. The maximum Gasteiger partial charge on any atom is 0.203 e. The van der Waals surface area contributed by atoms with Crippen LogP contribution in [0.1, 0.15) is 6.42 Å². The number of nitrogens with one attached hydrogen (secondary N) is 1. The van der Waals surface area contributed by atoms with Gasteiger partial charge in [-0.15, -0.1) is 10.2 Å². The highest BCUT2D eigenvalue weighted by Crippen LogP contribution is 2.19. The summed E-state index contributed by atoms with van der Waals surface area (Å²) < 4.78 is 1.84. The van der Waals surface area contributed by atoms with E-state index in [-0.39, 0.29) is 0 Å². The van der Waals surface area contributed by atoms with Gasteiger partial charge in [0.25, 0.3) is 0 Å². The Kier molecular flexibility index (Phi) is 1.67. The van der Waals surface area contributed by atoms with Gasteiger partial charge in [0, 0.05) is 31.1 Å². The molecule has 3 heterocycles. The molecule has 15 heavy (non-hydrogen) atoms. The average molecular weight is 202 g/mol. The van der Waals surface area contributed by atoms with Gasteiger partial charge in [0.1, 0.15) is 6.33 Å². The molecule has 1 aliphatic heterocycles. The summed E-state index contributed by atoms with van der Waals surface area (Å²) in [7, 11) is 0. The van der Waals surface area contributed by atoms with Crippen LogP contribution in [0.4, 0.5) is 5.82 Å². The Hall–Kier alpha value is -1.98. The van der Waals surface area contributed by atoms with Crippen molar-refractivity contribution in [3.63, 3.8) is 0 Å². The number of fused-ring (bicyclic) bond motifs is 1. The Bertz CT molecular complexity index is 516. The molecule has 0 bridgehead atoms. The summed E-state index contributed by atoms with van der Waals surface area (Å²) >= 11 is 0. The molecule has 3 rings (SSSR count). The van der Waals surface area contributed by atoms with Crippen molar-refractivity contribution in [3.8, 4) is 0 Å². The summed E-state index contributed by atoms with van der Waals surface area (Å²) in [5.41, 5.74) is 1.51. The van der Waals surface area contributed by atoms with E-state index in [1.165, 1.54) is 0 Å². The number of anilines is 1. The molecule has 1 saturated heterocycles. The van der Waals surface area contributed by atoms with Crippen molar-refractivity contribution in [1.82, 2.24) is 19.6 Å². The molecule has 1 N–H and O–H groups in total. The van der Waals surface area contributed by atoms with Gasteiger partial charge in [-0.25, -0.2) is 4.98 Å². The van der Waals surface area contributed by atoms with Crippen molar-refractivity contribution < 1.29 is 0 Å². The van der Waals surface area contributed by atoms with Gasteiger partial charge in [-0.3, -0.25) is 4.40 Å². The molecule has 1 aliphatic rings. The number of hydrogen-bond acceptors (Lipinski definition) is 5. The van der Waals surface area contributed by atoms with E-state index >= 15 is 0 Å². The Labute approximate surface area is 86.1 Å². The van der Waals surface area contributed by atoms with Crippen LogP contribution in [-0.2, 0) is 0 Å². The minimum absolute atomic E-state index is 0.652. The van der Waals surface area contributed by atoms with E-state index in [0.29, 0.717) is 6.54 Å². The third kappa shape index (κ3) is 1.25. The zero-order valence-electron chi connectivity index (χ0n) is 8.09. The molecular formula is C9H10N6. The van der Waals surface area contributed by atoms with Gasteiger partial charge in [-0.1, -0.05) is 0 Å². The lowest BCUT2D eigenvalue weighted by molar-refractivity contribution is 0.928. The average Bonchev–Trinajstić information content (AvgIpc) is 2.84. The summed E-state index contributed by atoms with van der Waals surface area (Å²) in [5.74, 6) is 0.817. The van der Waals surface area contributed by atoms with Gasteiger partial charge >= 0.3 is 0 Å². The van der Waals surface area contributed by atoms with Gasteiger partial charge in [-0.05, 0) is 0 Å². The molecule has 0 unspecified atom stereocenters. The van der Waals surface area contributed by atoms with E-state index in [2.05, 4.69) is 20.1 Å². The molecule has 76 valence electrons. The van der Waals surface area contributed by atoms with Crippen LogP contribution in [0.15, 0.2) is 18.7 Å². The summed E-state index contributed by atoms with van der Waals surface area (Å²) in [6, 6.07) is 0. The molecule has 0 amide bonds. The van der Waals surface area contributed by atoms with Gasteiger partial charge in [-0.2, -0.15) is 0 Å². The smallest absolute Gasteiger partial charge is 0.203 e. The highest BCUT2D eigenvalue weighted by atomic mass is 15.3. The van der Waals surface area contributed by atoms with Crippen LogP contribution >= 0.6 is 0 Å². The quantitative estimate of drug-likeness (QED) is 0.724. The van der Waals surface area contributed by atoms with Crippen LogP contribution in [0.5, 0.6) is 0 Å². The minimum atomic E-state index is 0.652. The molecule has 0 radical (unpaired) electrons. The second-order valence-electron chi connectivity index (χ2n) is 3.59. The van der Waals surface area contributed by atoms with Gasteiger partial charge < -0.3 is 10.3 Å². The molecule has 0 saturated carbocycles. The molecular weight excluding hydrogens is 192 g/mol. The summed E-state index contributed by atoms with van der Waals surface area (Å²) in [6.07, 6.45) is 6.02. The van der Waals surface area contributed by atoms with E-state index in [0.717, 1.165) is 30.1 Å². The van der Waals surface area contributed by atoms with Gasteiger partial charge in [0.2, 0.25) is 5.65 Å². The molecule has 6 heteroatoms. The van der Waals surface area contributed by atoms with Crippen LogP contribution in [0, 0.1) is 5.41 Å². The largest absolute Gasteiger partial charge is 0.348 e. The number of nitrogens with zero attached hydrogens (tertiary/aromatic N) is 5. The maximum atomic E-state index is 7.59. The molecule has 0 aromatic carbocycles. The first-order chi connectivity index (χ1) is 7.34. The Balaban J connectivity index is 2.10. The van der Waals surface area contributed by atoms with Crippen LogP contribution in [0.2, 0.25) is 0 Å². The monoisotopic (exact) mass is 202 g/mol. The number of aromatic nitrogens is 4. The van der Waals surface area contributed by atoms with Crippen LogP contribution < -0.4 is 4.90 Å². The third-order valence-corrected chi connectivity index (χ3v) is 2.56. The summed E-state index contributed by atoms with van der Waals surface area (Å²) in [4.78, 5) is 6.36. The molecule has 0 aliphatic carbocycles. The SMILES string of the molecule is N=C1CCN(c2nccn3cnnc23)C1. The zero-order valence-corrected chi connectivity index (χ0v) is 8.09. The second-order valence-corrected chi connectivity index (χ2v) is 3.59.